The van der Waals surface area contributed by atoms with Crippen molar-refractivity contribution in [3.05, 3.63) is 0 Å². The van der Waals surface area contributed by atoms with Crippen molar-refractivity contribution in [2.45, 2.75) is 72.3 Å². The van der Waals surface area contributed by atoms with E-state index in [9.17, 15) is 0 Å². The van der Waals surface area contributed by atoms with Gasteiger partial charge in [0, 0.05) is 12.6 Å². The molecule has 0 saturated carbocycles. The Labute approximate surface area is 115 Å². The van der Waals surface area contributed by atoms with E-state index < -0.39 is 0 Å². The van der Waals surface area contributed by atoms with Crippen molar-refractivity contribution in [1.82, 2.24) is 10.2 Å². The van der Waals surface area contributed by atoms with Gasteiger partial charge in [0.25, 0.3) is 0 Å². The van der Waals surface area contributed by atoms with Gasteiger partial charge in [0.15, 0.2) is 0 Å². The van der Waals surface area contributed by atoms with Crippen LogP contribution in [0.25, 0.3) is 0 Å². The van der Waals surface area contributed by atoms with Crippen LogP contribution in [0, 0.1) is 5.41 Å². The van der Waals surface area contributed by atoms with E-state index in [0.29, 0.717) is 5.41 Å². The molecular weight excluding hydrogens is 220 g/mol. The maximum atomic E-state index is 3.63. The van der Waals surface area contributed by atoms with Gasteiger partial charge < -0.3 is 10.2 Å². The monoisotopic (exact) mass is 254 g/mol. The molecule has 0 aromatic carbocycles. The van der Waals surface area contributed by atoms with E-state index in [2.05, 4.69) is 37.9 Å². The highest BCUT2D eigenvalue weighted by molar-refractivity contribution is 4.78. The predicted octanol–water partition coefficient (Wildman–Crippen LogP) is 3.67. The number of unbranched alkanes of at least 4 members (excludes halogenated alkanes) is 1. The fourth-order valence-electron chi connectivity index (χ4n) is 2.73. The Morgan fingerprint density at radius 3 is 2.44 bits per heavy atom. The molecule has 2 heteroatoms. The lowest BCUT2D eigenvalue weighted by Gasteiger charge is -2.27. The fourth-order valence-corrected chi connectivity index (χ4v) is 2.73. The molecule has 2 nitrogen and oxygen atoms in total. The molecule has 0 aromatic heterocycles. The van der Waals surface area contributed by atoms with Crippen LogP contribution in [0.3, 0.4) is 0 Å². The normalized spacial score (nSPS) is 20.8. The van der Waals surface area contributed by atoms with Crippen LogP contribution in [0.4, 0.5) is 0 Å². The summed E-state index contributed by atoms with van der Waals surface area (Å²) in [5.74, 6) is 0. The number of hydrogen-bond donors (Lipinski definition) is 1. The minimum absolute atomic E-state index is 0.488. The van der Waals surface area contributed by atoms with E-state index in [-0.39, 0.29) is 0 Å². The zero-order chi connectivity index (χ0) is 13.4. The summed E-state index contributed by atoms with van der Waals surface area (Å²) >= 11 is 0. The van der Waals surface area contributed by atoms with E-state index in [1.807, 2.05) is 0 Å². The Morgan fingerprint density at radius 2 is 1.89 bits per heavy atom. The lowest BCUT2D eigenvalue weighted by atomic mass is 9.90. The standard InChI is InChI=1S/C16H34N2/c1-5-6-12-18(13-8-10-16(2,3)4)14-15-9-7-11-17-15/h15,17H,5-14H2,1-4H3. The highest BCUT2D eigenvalue weighted by atomic mass is 15.1. The van der Waals surface area contributed by atoms with Crippen molar-refractivity contribution >= 4 is 0 Å². The van der Waals surface area contributed by atoms with Gasteiger partial charge in [-0.05, 0) is 57.2 Å². The van der Waals surface area contributed by atoms with Crippen molar-refractivity contribution in [3.63, 3.8) is 0 Å². The third kappa shape index (κ3) is 7.38. The van der Waals surface area contributed by atoms with Crippen molar-refractivity contribution in [2.24, 2.45) is 5.41 Å². The van der Waals surface area contributed by atoms with Gasteiger partial charge in [-0.25, -0.2) is 0 Å². The van der Waals surface area contributed by atoms with E-state index in [4.69, 9.17) is 0 Å². The smallest absolute Gasteiger partial charge is 0.0195 e. The maximum absolute atomic E-state index is 3.63. The Bertz CT molecular complexity index is 202. The number of nitrogens with zero attached hydrogens (tertiary/aromatic N) is 1. The summed E-state index contributed by atoms with van der Waals surface area (Å²) in [4.78, 5) is 2.69. The quantitative estimate of drug-likeness (QED) is 0.711. The summed E-state index contributed by atoms with van der Waals surface area (Å²) in [6.45, 7) is 14.4. The van der Waals surface area contributed by atoms with Crippen LogP contribution in [0.2, 0.25) is 0 Å². The fraction of sp³-hybridized carbons (Fsp3) is 1.00. The molecule has 0 bridgehead atoms. The summed E-state index contributed by atoms with van der Waals surface area (Å²) in [7, 11) is 0. The molecule has 0 aliphatic carbocycles. The minimum Gasteiger partial charge on any atom is -0.313 e. The van der Waals surface area contributed by atoms with Crippen LogP contribution < -0.4 is 5.32 Å². The van der Waals surface area contributed by atoms with Crippen LogP contribution in [0.1, 0.15) is 66.2 Å². The number of hydrogen-bond acceptors (Lipinski definition) is 2. The van der Waals surface area contributed by atoms with E-state index in [0.717, 1.165) is 6.04 Å². The second-order valence-electron chi connectivity index (χ2n) is 7.11. The largest absolute Gasteiger partial charge is 0.313 e. The number of rotatable bonds is 8. The molecule has 0 aromatic rings. The molecule has 108 valence electrons. The second kappa shape index (κ2) is 8.16. The van der Waals surface area contributed by atoms with Crippen LogP contribution in [-0.4, -0.2) is 37.1 Å². The first kappa shape index (κ1) is 16.0. The van der Waals surface area contributed by atoms with E-state index in [1.165, 1.54) is 64.7 Å². The van der Waals surface area contributed by atoms with E-state index in [1.54, 1.807) is 0 Å². The average molecular weight is 254 g/mol. The molecule has 1 fully saturated rings. The Balaban J connectivity index is 2.25. The molecule has 1 N–H and O–H groups in total. The van der Waals surface area contributed by atoms with Crippen molar-refractivity contribution < 1.29 is 0 Å². The van der Waals surface area contributed by atoms with Gasteiger partial charge in [-0.15, -0.1) is 0 Å². The number of nitrogens with one attached hydrogen (secondary N) is 1. The highest BCUT2D eigenvalue weighted by Crippen LogP contribution is 2.21. The summed E-state index contributed by atoms with van der Waals surface area (Å²) in [5.41, 5.74) is 0.488. The molecule has 1 unspecified atom stereocenters. The molecule has 1 aliphatic rings. The molecule has 1 aliphatic heterocycles. The minimum atomic E-state index is 0.488. The topological polar surface area (TPSA) is 15.3 Å². The molecule has 0 radical (unpaired) electrons. The van der Waals surface area contributed by atoms with Gasteiger partial charge in [0.05, 0.1) is 0 Å². The summed E-state index contributed by atoms with van der Waals surface area (Å²) in [6.07, 6.45) is 8.10. The van der Waals surface area contributed by atoms with Crippen LogP contribution in [0.5, 0.6) is 0 Å². The third-order valence-electron chi connectivity index (χ3n) is 3.87. The first-order chi connectivity index (χ1) is 8.51. The molecule has 1 rings (SSSR count). The summed E-state index contributed by atoms with van der Waals surface area (Å²) in [6, 6.07) is 0.761. The van der Waals surface area contributed by atoms with Crippen LogP contribution in [-0.2, 0) is 0 Å². The van der Waals surface area contributed by atoms with Crippen LogP contribution >= 0.6 is 0 Å². The Hall–Kier alpha value is -0.0800. The first-order valence-corrected chi connectivity index (χ1v) is 7.97. The molecule has 1 saturated heterocycles. The lowest BCUT2D eigenvalue weighted by Crippen LogP contribution is -2.38. The second-order valence-corrected chi connectivity index (χ2v) is 7.11. The van der Waals surface area contributed by atoms with Crippen LogP contribution in [0.15, 0.2) is 0 Å². The SMILES string of the molecule is CCCCN(CCCC(C)(C)C)CC1CCCN1. The van der Waals surface area contributed by atoms with Gasteiger partial charge in [0.1, 0.15) is 0 Å². The Morgan fingerprint density at radius 1 is 1.17 bits per heavy atom. The average Bonchev–Trinajstić information content (AvgIpc) is 2.76. The summed E-state index contributed by atoms with van der Waals surface area (Å²) in [5, 5.41) is 3.63. The molecular formula is C16H34N2. The molecule has 18 heavy (non-hydrogen) atoms. The van der Waals surface area contributed by atoms with Gasteiger partial charge in [0.2, 0.25) is 0 Å². The van der Waals surface area contributed by atoms with Gasteiger partial charge >= 0.3 is 0 Å². The Kier molecular flexibility index (Phi) is 7.25. The third-order valence-corrected chi connectivity index (χ3v) is 3.87. The van der Waals surface area contributed by atoms with Crippen molar-refractivity contribution in [2.75, 3.05) is 26.2 Å². The van der Waals surface area contributed by atoms with Gasteiger partial charge in [-0.1, -0.05) is 34.1 Å². The highest BCUT2D eigenvalue weighted by Gasteiger charge is 2.18. The molecule has 0 spiro atoms. The van der Waals surface area contributed by atoms with E-state index >= 15 is 0 Å². The van der Waals surface area contributed by atoms with Gasteiger partial charge in [-0.2, -0.15) is 0 Å². The first-order valence-electron chi connectivity index (χ1n) is 7.97. The molecule has 0 amide bonds. The van der Waals surface area contributed by atoms with Gasteiger partial charge in [-0.3, -0.25) is 0 Å². The predicted molar refractivity (Wildman–Crippen MR) is 81.1 cm³/mol. The maximum Gasteiger partial charge on any atom is 0.0195 e. The zero-order valence-corrected chi connectivity index (χ0v) is 13.1. The lowest BCUT2D eigenvalue weighted by molar-refractivity contribution is 0.226. The van der Waals surface area contributed by atoms with Crippen molar-refractivity contribution in [1.29, 1.82) is 0 Å². The molecule has 1 atom stereocenters. The zero-order valence-electron chi connectivity index (χ0n) is 13.1. The van der Waals surface area contributed by atoms with Crippen molar-refractivity contribution in [3.8, 4) is 0 Å². The summed E-state index contributed by atoms with van der Waals surface area (Å²) < 4.78 is 0. The molecule has 1 heterocycles.